The van der Waals surface area contributed by atoms with Crippen LogP contribution in [0.4, 0.5) is 0 Å². The number of esters is 4. The second-order valence-corrected chi connectivity index (χ2v) is 26.2. The third kappa shape index (κ3) is 57.2. The minimum Gasteiger partial charge on any atom is -0.462 e. The summed E-state index contributed by atoms with van der Waals surface area (Å²) in [5.41, 5.74) is 0. The number of aliphatic hydroxyl groups excluding tert-OH is 1. The number of hydrogen-bond donors (Lipinski definition) is 3. The molecular weight excluding hydrogens is 1090 g/mol. The van der Waals surface area contributed by atoms with E-state index in [2.05, 4.69) is 34.6 Å². The van der Waals surface area contributed by atoms with Crippen molar-refractivity contribution in [2.45, 2.75) is 335 Å². The van der Waals surface area contributed by atoms with Crippen molar-refractivity contribution in [3.05, 3.63) is 0 Å². The first-order valence-corrected chi connectivity index (χ1v) is 36.1. The summed E-state index contributed by atoms with van der Waals surface area (Å²) in [7, 11) is -9.87. The van der Waals surface area contributed by atoms with Crippen LogP contribution in [0, 0.1) is 5.92 Å². The molecule has 0 rings (SSSR count). The standard InChI is InChI=1S/C63H122O17P2/c1-6-9-12-15-17-18-19-20-21-22-23-24-25-26-27-28-29-30-32-39-44-49-63(68)80-59(53-74-61(66)47-42-37-34-33-36-40-45-56(4)5)55-78-82(71,72)76-51-57(64)50-75-81(69,70)77-54-58(52-73-60(65)46-41-35-14-11-8-3)79-62(67)48-43-38-31-16-13-10-7-2/h56-59,64H,6-55H2,1-5H3,(H,69,70)(H,71,72)/t57-,58+,59+/m0/s1. The average molecular weight is 1210 g/mol. The van der Waals surface area contributed by atoms with E-state index >= 15 is 0 Å². The predicted molar refractivity (Wildman–Crippen MR) is 326 cm³/mol. The topological polar surface area (TPSA) is 237 Å². The van der Waals surface area contributed by atoms with Crippen LogP contribution in [-0.4, -0.2) is 96.7 Å². The maximum atomic E-state index is 13.0. The molecule has 0 saturated carbocycles. The number of rotatable bonds is 63. The molecule has 3 N–H and O–H groups in total. The van der Waals surface area contributed by atoms with E-state index in [9.17, 15) is 43.2 Å². The normalized spacial score (nSPS) is 14.3. The van der Waals surface area contributed by atoms with Crippen molar-refractivity contribution in [1.29, 1.82) is 0 Å². The fourth-order valence-electron chi connectivity index (χ4n) is 9.41. The highest BCUT2D eigenvalue weighted by atomic mass is 31.2. The van der Waals surface area contributed by atoms with Crippen LogP contribution in [0.15, 0.2) is 0 Å². The van der Waals surface area contributed by atoms with Crippen LogP contribution in [-0.2, 0) is 65.4 Å². The molecule has 0 aromatic carbocycles. The number of ether oxygens (including phenoxy) is 4. The van der Waals surface area contributed by atoms with Gasteiger partial charge in [0.2, 0.25) is 0 Å². The van der Waals surface area contributed by atoms with Crippen molar-refractivity contribution in [2.24, 2.45) is 5.92 Å². The van der Waals surface area contributed by atoms with Crippen LogP contribution < -0.4 is 0 Å². The van der Waals surface area contributed by atoms with Gasteiger partial charge in [0.05, 0.1) is 26.4 Å². The second-order valence-electron chi connectivity index (χ2n) is 23.3. The van der Waals surface area contributed by atoms with Gasteiger partial charge in [0.25, 0.3) is 0 Å². The summed E-state index contributed by atoms with van der Waals surface area (Å²) in [5, 5.41) is 10.5. The molecule has 0 aliphatic heterocycles. The molecule has 2 unspecified atom stereocenters. The summed E-state index contributed by atoms with van der Waals surface area (Å²) >= 11 is 0. The molecule has 0 fully saturated rings. The Hall–Kier alpha value is -1.94. The Kier molecular flexibility index (Phi) is 55.5. The molecule has 5 atom stereocenters. The van der Waals surface area contributed by atoms with Gasteiger partial charge in [-0.2, -0.15) is 0 Å². The summed E-state index contributed by atoms with van der Waals surface area (Å²) < 4.78 is 67.6. The Morgan fingerprint density at radius 3 is 0.829 bits per heavy atom. The van der Waals surface area contributed by atoms with E-state index in [1.54, 1.807) is 0 Å². The van der Waals surface area contributed by atoms with Crippen molar-refractivity contribution in [1.82, 2.24) is 0 Å². The van der Waals surface area contributed by atoms with E-state index in [-0.39, 0.29) is 25.7 Å². The minimum atomic E-state index is -4.94. The zero-order valence-electron chi connectivity index (χ0n) is 52.6. The molecule has 0 aromatic heterocycles. The molecule has 0 radical (unpaired) electrons. The lowest BCUT2D eigenvalue weighted by Crippen LogP contribution is -2.30. The maximum Gasteiger partial charge on any atom is 0.472 e. The number of carbonyl (C=O) groups excluding carboxylic acids is 4. The van der Waals surface area contributed by atoms with Crippen LogP contribution in [0.1, 0.15) is 317 Å². The molecule has 0 aliphatic rings. The third-order valence-electron chi connectivity index (χ3n) is 14.5. The number of phosphoric ester groups is 2. The Bertz CT molecular complexity index is 1600. The molecule has 0 amide bonds. The van der Waals surface area contributed by atoms with Crippen LogP contribution in [0.2, 0.25) is 0 Å². The van der Waals surface area contributed by atoms with Crippen molar-refractivity contribution < 1.29 is 80.2 Å². The van der Waals surface area contributed by atoms with Crippen LogP contribution in [0.25, 0.3) is 0 Å². The number of aliphatic hydroxyl groups is 1. The Labute approximate surface area is 498 Å². The zero-order valence-corrected chi connectivity index (χ0v) is 54.4. The van der Waals surface area contributed by atoms with Gasteiger partial charge in [0.1, 0.15) is 19.3 Å². The molecule has 0 aliphatic carbocycles. The quantitative estimate of drug-likeness (QED) is 0.0222. The summed E-state index contributed by atoms with van der Waals surface area (Å²) in [6, 6.07) is 0. The first-order chi connectivity index (χ1) is 39.5. The highest BCUT2D eigenvalue weighted by molar-refractivity contribution is 7.47. The SMILES string of the molecule is CCCCCCCCCCCCCCCCCCCCCCCC(=O)O[C@H](COC(=O)CCCCCCCCC(C)C)COP(=O)(O)OC[C@@H](O)COP(=O)(O)OC[C@@H](COC(=O)CCCCCCC)OC(=O)CCCCCCCCC. The number of carbonyl (C=O) groups is 4. The summed E-state index contributed by atoms with van der Waals surface area (Å²) in [6.45, 7) is 6.96. The first-order valence-electron chi connectivity index (χ1n) is 33.1. The lowest BCUT2D eigenvalue weighted by molar-refractivity contribution is -0.161. The van der Waals surface area contributed by atoms with Crippen LogP contribution in [0.5, 0.6) is 0 Å². The zero-order chi connectivity index (χ0) is 60.6. The fourth-order valence-corrected chi connectivity index (χ4v) is 11.0. The first kappa shape index (κ1) is 80.1. The minimum absolute atomic E-state index is 0.103. The van der Waals surface area contributed by atoms with E-state index < -0.39 is 97.5 Å². The van der Waals surface area contributed by atoms with Crippen LogP contribution in [0.3, 0.4) is 0 Å². The lowest BCUT2D eigenvalue weighted by atomic mass is 10.0. The van der Waals surface area contributed by atoms with Crippen LogP contribution >= 0.6 is 15.6 Å². The van der Waals surface area contributed by atoms with E-state index in [1.807, 2.05) is 0 Å². The average Bonchev–Trinajstić information content (AvgIpc) is 3.44. The molecule has 0 heterocycles. The predicted octanol–water partition coefficient (Wildman–Crippen LogP) is 17.4. The van der Waals surface area contributed by atoms with Gasteiger partial charge in [-0.15, -0.1) is 0 Å². The summed E-state index contributed by atoms with van der Waals surface area (Å²) in [5.74, 6) is -1.47. The molecule has 0 bridgehead atoms. The van der Waals surface area contributed by atoms with Gasteiger partial charge in [0, 0.05) is 25.7 Å². The largest absolute Gasteiger partial charge is 0.472 e. The van der Waals surface area contributed by atoms with Gasteiger partial charge >= 0.3 is 39.5 Å². The van der Waals surface area contributed by atoms with Gasteiger partial charge in [-0.25, -0.2) is 9.13 Å². The maximum absolute atomic E-state index is 13.0. The van der Waals surface area contributed by atoms with Crippen molar-refractivity contribution in [2.75, 3.05) is 39.6 Å². The van der Waals surface area contributed by atoms with E-state index in [0.717, 1.165) is 116 Å². The highest BCUT2D eigenvalue weighted by Gasteiger charge is 2.30. The van der Waals surface area contributed by atoms with Gasteiger partial charge < -0.3 is 33.8 Å². The van der Waals surface area contributed by atoms with E-state index in [1.165, 1.54) is 116 Å². The van der Waals surface area contributed by atoms with Crippen molar-refractivity contribution in [3.8, 4) is 0 Å². The molecule has 0 spiro atoms. The molecule has 82 heavy (non-hydrogen) atoms. The third-order valence-corrected chi connectivity index (χ3v) is 16.4. The molecular formula is C63H122O17P2. The van der Waals surface area contributed by atoms with Crippen molar-refractivity contribution in [3.63, 3.8) is 0 Å². The lowest BCUT2D eigenvalue weighted by Gasteiger charge is -2.21. The molecule has 0 aromatic rings. The highest BCUT2D eigenvalue weighted by Crippen LogP contribution is 2.45. The Balaban J connectivity index is 5.02. The summed E-state index contributed by atoms with van der Waals surface area (Å²) in [4.78, 5) is 71.7. The van der Waals surface area contributed by atoms with E-state index in [4.69, 9.17) is 37.0 Å². The number of hydrogen-bond acceptors (Lipinski definition) is 15. The summed E-state index contributed by atoms with van der Waals surface area (Å²) in [6.07, 6.45) is 41.3. The van der Waals surface area contributed by atoms with E-state index in [0.29, 0.717) is 31.6 Å². The molecule has 19 heteroatoms. The van der Waals surface area contributed by atoms with Gasteiger partial charge in [-0.1, -0.05) is 266 Å². The Morgan fingerprint density at radius 2 is 0.561 bits per heavy atom. The molecule has 486 valence electrons. The fraction of sp³-hybridized carbons (Fsp3) is 0.937. The van der Waals surface area contributed by atoms with Gasteiger partial charge in [-0.05, 0) is 31.6 Å². The number of unbranched alkanes of at least 4 members (excludes halogenated alkanes) is 35. The molecule has 17 nitrogen and oxygen atoms in total. The smallest absolute Gasteiger partial charge is 0.462 e. The number of phosphoric acid groups is 2. The Morgan fingerprint density at radius 1 is 0.329 bits per heavy atom. The van der Waals surface area contributed by atoms with Gasteiger partial charge in [0.15, 0.2) is 12.2 Å². The van der Waals surface area contributed by atoms with Gasteiger partial charge in [-0.3, -0.25) is 37.3 Å². The monoisotopic (exact) mass is 1210 g/mol. The van der Waals surface area contributed by atoms with Crippen molar-refractivity contribution >= 4 is 39.5 Å². The molecule has 0 saturated heterocycles. The second kappa shape index (κ2) is 56.8.